The molecular weight excluding hydrogens is 356 g/mol. The van der Waals surface area contributed by atoms with Gasteiger partial charge in [-0.05, 0) is 53.6 Å². The van der Waals surface area contributed by atoms with Crippen LogP contribution in [0.15, 0.2) is 70.2 Å². The second kappa shape index (κ2) is 7.44. The van der Waals surface area contributed by atoms with E-state index in [1.165, 1.54) is 12.3 Å². The van der Waals surface area contributed by atoms with E-state index in [1.807, 2.05) is 43.3 Å². The molecule has 4 rings (SSSR count). The summed E-state index contributed by atoms with van der Waals surface area (Å²) in [5.74, 6) is 0.157. The van der Waals surface area contributed by atoms with Gasteiger partial charge in [-0.2, -0.15) is 5.10 Å². The first-order chi connectivity index (χ1) is 13.7. The summed E-state index contributed by atoms with van der Waals surface area (Å²) < 4.78 is 11.0. The van der Waals surface area contributed by atoms with Crippen LogP contribution in [-0.4, -0.2) is 23.8 Å². The van der Waals surface area contributed by atoms with Crippen molar-refractivity contribution in [3.05, 3.63) is 72.0 Å². The Hall–Kier alpha value is -3.80. The van der Waals surface area contributed by atoms with Crippen LogP contribution in [0.5, 0.6) is 11.5 Å². The molecule has 0 fully saturated rings. The third kappa shape index (κ3) is 3.40. The van der Waals surface area contributed by atoms with E-state index in [9.17, 15) is 9.90 Å². The highest BCUT2D eigenvalue weighted by Gasteiger charge is 2.13. The van der Waals surface area contributed by atoms with E-state index >= 15 is 0 Å². The molecule has 28 heavy (non-hydrogen) atoms. The first-order valence-electron chi connectivity index (χ1n) is 8.86. The van der Waals surface area contributed by atoms with E-state index in [2.05, 4.69) is 10.5 Å². The summed E-state index contributed by atoms with van der Waals surface area (Å²) in [5, 5.41) is 16.7. The zero-order valence-corrected chi connectivity index (χ0v) is 15.2. The van der Waals surface area contributed by atoms with Crippen molar-refractivity contribution >= 4 is 33.9 Å². The number of amides is 1. The summed E-state index contributed by atoms with van der Waals surface area (Å²) in [4.78, 5) is 12.4. The maximum atomic E-state index is 12.4. The molecule has 0 saturated heterocycles. The van der Waals surface area contributed by atoms with Crippen LogP contribution in [0.2, 0.25) is 0 Å². The fraction of sp³-hybridized carbons (Fsp3) is 0.0909. The number of benzene rings is 3. The van der Waals surface area contributed by atoms with E-state index in [0.717, 1.165) is 16.2 Å². The molecule has 0 saturated carbocycles. The molecule has 6 heteroatoms. The number of hydrogen-bond acceptors (Lipinski definition) is 5. The molecule has 0 aliphatic carbocycles. The van der Waals surface area contributed by atoms with Crippen LogP contribution in [0.4, 0.5) is 0 Å². The van der Waals surface area contributed by atoms with Crippen LogP contribution in [0, 0.1) is 0 Å². The lowest BCUT2D eigenvalue weighted by Gasteiger charge is -2.05. The number of rotatable bonds is 5. The van der Waals surface area contributed by atoms with Gasteiger partial charge in [0.15, 0.2) is 17.3 Å². The Labute approximate surface area is 161 Å². The summed E-state index contributed by atoms with van der Waals surface area (Å²) in [6.07, 6.45) is 1.47. The smallest absolute Gasteiger partial charge is 0.307 e. The Bertz CT molecular complexity index is 1190. The molecule has 0 spiro atoms. The van der Waals surface area contributed by atoms with Crippen LogP contribution in [0.1, 0.15) is 23.0 Å². The van der Waals surface area contributed by atoms with Crippen molar-refractivity contribution in [3.63, 3.8) is 0 Å². The monoisotopic (exact) mass is 374 g/mol. The predicted octanol–water partition coefficient (Wildman–Crippen LogP) is 4.45. The molecule has 140 valence electrons. The number of carbonyl (C=O) groups is 1. The van der Waals surface area contributed by atoms with Crippen molar-refractivity contribution in [2.45, 2.75) is 6.92 Å². The molecule has 4 aromatic rings. The number of nitrogens with one attached hydrogen (secondary N) is 1. The molecule has 1 amide bonds. The number of aromatic hydroxyl groups is 1. The predicted molar refractivity (Wildman–Crippen MR) is 108 cm³/mol. The summed E-state index contributed by atoms with van der Waals surface area (Å²) in [6.45, 7) is 2.27. The molecule has 0 radical (unpaired) electrons. The number of phenols is 1. The molecule has 6 nitrogen and oxygen atoms in total. The molecular formula is C22H18N2O4. The largest absolute Gasteiger partial charge is 0.504 e. The quantitative estimate of drug-likeness (QED) is 0.399. The van der Waals surface area contributed by atoms with E-state index in [4.69, 9.17) is 9.15 Å². The number of furan rings is 1. The molecule has 2 N–H and O–H groups in total. The van der Waals surface area contributed by atoms with Gasteiger partial charge in [-0.3, -0.25) is 4.79 Å². The normalized spacial score (nSPS) is 11.3. The average molecular weight is 374 g/mol. The number of fused-ring (bicyclic) bond motifs is 3. The van der Waals surface area contributed by atoms with Gasteiger partial charge in [-0.25, -0.2) is 5.43 Å². The highest BCUT2D eigenvalue weighted by molar-refractivity contribution is 6.08. The van der Waals surface area contributed by atoms with Crippen molar-refractivity contribution in [1.29, 1.82) is 0 Å². The fourth-order valence-electron chi connectivity index (χ4n) is 3.01. The summed E-state index contributed by atoms with van der Waals surface area (Å²) in [7, 11) is 0. The first-order valence-corrected chi connectivity index (χ1v) is 8.86. The van der Waals surface area contributed by atoms with Crippen LogP contribution in [-0.2, 0) is 0 Å². The summed E-state index contributed by atoms with van der Waals surface area (Å²) >= 11 is 0. The van der Waals surface area contributed by atoms with Crippen LogP contribution < -0.4 is 10.2 Å². The number of nitrogens with zero attached hydrogens (tertiary/aromatic N) is 1. The lowest BCUT2D eigenvalue weighted by Crippen LogP contribution is -2.16. The number of phenolic OH excluding ortho intramolecular Hbond substituents is 1. The molecule has 3 aromatic carbocycles. The zero-order chi connectivity index (χ0) is 19.5. The Morgan fingerprint density at radius 3 is 2.86 bits per heavy atom. The number of ether oxygens (including phenoxy) is 1. The summed E-state index contributed by atoms with van der Waals surface area (Å²) in [6, 6.07) is 18.3. The van der Waals surface area contributed by atoms with Crippen molar-refractivity contribution < 1.29 is 19.1 Å². The van der Waals surface area contributed by atoms with Gasteiger partial charge < -0.3 is 14.3 Å². The zero-order valence-electron chi connectivity index (χ0n) is 15.2. The summed E-state index contributed by atoms with van der Waals surface area (Å²) in [5.41, 5.74) is 3.78. The molecule has 0 aliphatic heterocycles. The van der Waals surface area contributed by atoms with Gasteiger partial charge in [0.05, 0.1) is 12.8 Å². The Kier molecular flexibility index (Phi) is 4.68. The average Bonchev–Trinajstić information content (AvgIpc) is 3.15. The van der Waals surface area contributed by atoms with Crippen molar-refractivity contribution in [2.24, 2.45) is 5.10 Å². The third-order valence-corrected chi connectivity index (χ3v) is 4.31. The number of hydrogen-bond donors (Lipinski definition) is 2. The third-order valence-electron chi connectivity index (χ3n) is 4.31. The van der Waals surface area contributed by atoms with E-state index < -0.39 is 5.91 Å². The van der Waals surface area contributed by atoms with Gasteiger partial charge in [-0.1, -0.05) is 30.3 Å². The molecule has 1 aromatic heterocycles. The second-order valence-electron chi connectivity index (χ2n) is 6.17. The maximum absolute atomic E-state index is 12.4. The van der Waals surface area contributed by atoms with Gasteiger partial charge in [-0.15, -0.1) is 0 Å². The first kappa shape index (κ1) is 17.6. The van der Waals surface area contributed by atoms with Gasteiger partial charge in [0, 0.05) is 5.39 Å². The molecule has 0 aliphatic rings. The van der Waals surface area contributed by atoms with Gasteiger partial charge in [0.1, 0.15) is 5.58 Å². The van der Waals surface area contributed by atoms with Crippen molar-refractivity contribution in [2.75, 3.05) is 6.61 Å². The minimum Gasteiger partial charge on any atom is -0.504 e. The topological polar surface area (TPSA) is 84.1 Å². The molecule has 0 unspecified atom stereocenters. The number of hydrazone groups is 1. The van der Waals surface area contributed by atoms with E-state index in [1.54, 1.807) is 18.2 Å². The van der Waals surface area contributed by atoms with Gasteiger partial charge >= 0.3 is 5.91 Å². The molecule has 0 atom stereocenters. The molecule has 1 heterocycles. The van der Waals surface area contributed by atoms with E-state index in [0.29, 0.717) is 23.5 Å². The van der Waals surface area contributed by atoms with Crippen molar-refractivity contribution in [1.82, 2.24) is 5.43 Å². The minimum absolute atomic E-state index is 0.0533. The SMILES string of the molecule is CCOc1cc(C=NNC(=O)c2cc3c(ccc4ccccc43)o2)ccc1O. The number of carbonyl (C=O) groups excluding carboxylic acids is 1. The van der Waals surface area contributed by atoms with Crippen LogP contribution >= 0.6 is 0 Å². The highest BCUT2D eigenvalue weighted by Crippen LogP contribution is 2.28. The van der Waals surface area contributed by atoms with Gasteiger partial charge in [0.25, 0.3) is 0 Å². The van der Waals surface area contributed by atoms with Gasteiger partial charge in [0.2, 0.25) is 0 Å². The standard InChI is InChI=1S/C22H18N2O4/c1-2-27-20-11-14(7-9-18(20)25)13-23-24-22(26)21-12-17-16-6-4-3-5-15(16)8-10-19(17)28-21/h3-13,25H,2H2,1H3,(H,24,26). The Balaban J connectivity index is 1.53. The van der Waals surface area contributed by atoms with E-state index in [-0.39, 0.29) is 11.5 Å². The Morgan fingerprint density at radius 1 is 1.14 bits per heavy atom. The van der Waals surface area contributed by atoms with Crippen LogP contribution in [0.25, 0.3) is 21.7 Å². The van der Waals surface area contributed by atoms with Crippen molar-refractivity contribution in [3.8, 4) is 11.5 Å². The Morgan fingerprint density at radius 2 is 2.00 bits per heavy atom. The highest BCUT2D eigenvalue weighted by atomic mass is 16.5. The fourth-order valence-corrected chi connectivity index (χ4v) is 3.01. The molecule has 0 bridgehead atoms. The minimum atomic E-state index is -0.444. The van der Waals surface area contributed by atoms with Crippen LogP contribution in [0.3, 0.4) is 0 Å². The second-order valence-corrected chi connectivity index (χ2v) is 6.17. The lowest BCUT2D eigenvalue weighted by atomic mass is 10.1. The maximum Gasteiger partial charge on any atom is 0.307 e. The lowest BCUT2D eigenvalue weighted by molar-refractivity contribution is 0.0929.